The van der Waals surface area contributed by atoms with E-state index >= 15 is 0 Å². The topological polar surface area (TPSA) is 58.6 Å². The monoisotopic (exact) mass is 368 g/mol. The summed E-state index contributed by atoms with van der Waals surface area (Å²) in [6.07, 6.45) is 0. The van der Waals surface area contributed by atoms with Crippen molar-refractivity contribution in [2.75, 3.05) is 25.1 Å². The highest BCUT2D eigenvalue weighted by Crippen LogP contribution is 2.31. The van der Waals surface area contributed by atoms with Crippen molar-refractivity contribution < 1.29 is 14.3 Å². The van der Waals surface area contributed by atoms with Gasteiger partial charge in [-0.15, -0.1) is 0 Å². The molecule has 0 aliphatic rings. The molecule has 0 fully saturated rings. The maximum Gasteiger partial charge on any atom is 0.251 e. The van der Waals surface area contributed by atoms with Gasteiger partial charge in [0, 0.05) is 31.3 Å². The maximum atomic E-state index is 12.4. The fourth-order valence-corrected chi connectivity index (χ4v) is 2.94. The third-order valence-corrected chi connectivity index (χ3v) is 4.34. The highest BCUT2D eigenvalue weighted by molar-refractivity contribution is 5.95. The van der Waals surface area contributed by atoms with E-state index in [0.717, 1.165) is 11.3 Å². The minimum atomic E-state index is -0.193. The van der Waals surface area contributed by atoms with Gasteiger partial charge < -0.3 is 15.0 Å². The van der Waals surface area contributed by atoms with Crippen molar-refractivity contribution in [3.63, 3.8) is 0 Å². The van der Waals surface area contributed by atoms with Crippen LogP contribution in [0.2, 0.25) is 0 Å². The zero-order valence-electron chi connectivity index (χ0n) is 16.7. The fourth-order valence-electron chi connectivity index (χ4n) is 2.94. The fraction of sp³-hybridized carbons (Fsp3) is 0.364. The second-order valence-electron chi connectivity index (χ2n) is 7.43. The Kier molecular flexibility index (Phi) is 6.61. The molecule has 0 aromatic heterocycles. The van der Waals surface area contributed by atoms with Crippen molar-refractivity contribution in [1.82, 2.24) is 5.32 Å². The lowest BCUT2D eigenvalue weighted by Gasteiger charge is -2.29. The van der Waals surface area contributed by atoms with Crippen LogP contribution < -0.4 is 15.0 Å². The van der Waals surface area contributed by atoms with E-state index in [0.29, 0.717) is 24.4 Å². The predicted molar refractivity (Wildman–Crippen MR) is 108 cm³/mol. The number of hydrogen-bond donors (Lipinski definition) is 1. The number of carbonyl (C=O) groups is 2. The van der Waals surface area contributed by atoms with Crippen LogP contribution in [0.3, 0.4) is 0 Å². The zero-order chi connectivity index (χ0) is 20.0. The van der Waals surface area contributed by atoms with Crippen LogP contribution in [0.5, 0.6) is 5.75 Å². The molecule has 2 aromatic rings. The van der Waals surface area contributed by atoms with Crippen LogP contribution >= 0.6 is 0 Å². The molecule has 0 spiro atoms. The average Bonchev–Trinajstić information content (AvgIpc) is 2.64. The molecule has 0 atom stereocenters. The van der Waals surface area contributed by atoms with Crippen LogP contribution in [0.25, 0.3) is 0 Å². The summed E-state index contributed by atoms with van der Waals surface area (Å²) in [5.74, 6) is 0.385. The second kappa shape index (κ2) is 8.71. The Balaban J connectivity index is 2.10. The molecule has 0 aliphatic carbocycles. The van der Waals surface area contributed by atoms with Crippen LogP contribution in [0.4, 0.5) is 5.69 Å². The standard InChI is InChI=1S/C22H28N2O3/c1-16(25)24(20-12-7-6-11-19(20)22(2,3)4)14-13-23-21(26)17-9-8-10-18(15-17)27-5/h6-12,15H,13-14H2,1-5H3,(H,23,26). The van der Waals surface area contributed by atoms with Gasteiger partial charge in [0.05, 0.1) is 7.11 Å². The van der Waals surface area contributed by atoms with E-state index in [2.05, 4.69) is 26.1 Å². The maximum absolute atomic E-state index is 12.4. The number of amides is 2. The first kappa shape index (κ1) is 20.5. The second-order valence-corrected chi connectivity index (χ2v) is 7.43. The largest absolute Gasteiger partial charge is 0.497 e. The van der Waals surface area contributed by atoms with E-state index in [1.54, 1.807) is 43.2 Å². The number of nitrogens with one attached hydrogen (secondary N) is 1. The molecule has 5 heteroatoms. The van der Waals surface area contributed by atoms with E-state index in [4.69, 9.17) is 4.74 Å². The number of rotatable bonds is 6. The molecule has 0 saturated heterocycles. The number of methoxy groups -OCH3 is 1. The number of benzene rings is 2. The molecule has 27 heavy (non-hydrogen) atoms. The molecule has 0 radical (unpaired) electrons. The summed E-state index contributed by atoms with van der Waals surface area (Å²) in [5.41, 5.74) is 2.42. The van der Waals surface area contributed by atoms with Gasteiger partial charge in [-0.2, -0.15) is 0 Å². The van der Waals surface area contributed by atoms with Crippen molar-refractivity contribution in [3.8, 4) is 5.75 Å². The van der Waals surface area contributed by atoms with E-state index in [1.807, 2.05) is 24.3 Å². The lowest BCUT2D eigenvalue weighted by molar-refractivity contribution is -0.116. The quantitative estimate of drug-likeness (QED) is 0.844. The molecule has 2 amide bonds. The molecular weight excluding hydrogens is 340 g/mol. The van der Waals surface area contributed by atoms with Gasteiger partial charge in [-0.3, -0.25) is 9.59 Å². The molecule has 0 heterocycles. The van der Waals surface area contributed by atoms with E-state index in [9.17, 15) is 9.59 Å². The Morgan fingerprint density at radius 3 is 2.41 bits per heavy atom. The van der Waals surface area contributed by atoms with Crippen LogP contribution in [0, 0.1) is 0 Å². The van der Waals surface area contributed by atoms with Crippen molar-refractivity contribution in [2.45, 2.75) is 33.1 Å². The van der Waals surface area contributed by atoms with Crippen molar-refractivity contribution in [1.29, 1.82) is 0 Å². The summed E-state index contributed by atoms with van der Waals surface area (Å²) in [4.78, 5) is 26.3. The van der Waals surface area contributed by atoms with E-state index < -0.39 is 0 Å². The normalized spacial score (nSPS) is 11.0. The van der Waals surface area contributed by atoms with Gasteiger partial charge in [0.2, 0.25) is 5.91 Å². The molecule has 2 rings (SSSR count). The molecule has 0 bridgehead atoms. The minimum absolute atomic E-state index is 0.0534. The first-order chi connectivity index (χ1) is 12.7. The number of hydrogen-bond acceptors (Lipinski definition) is 3. The number of anilines is 1. The summed E-state index contributed by atoms with van der Waals surface area (Å²) in [6.45, 7) is 8.66. The zero-order valence-corrected chi connectivity index (χ0v) is 16.7. The molecule has 1 N–H and O–H groups in total. The van der Waals surface area contributed by atoms with Crippen LogP contribution in [0.15, 0.2) is 48.5 Å². The molecule has 144 valence electrons. The summed E-state index contributed by atoms with van der Waals surface area (Å²) in [6, 6.07) is 14.9. The SMILES string of the molecule is COc1cccc(C(=O)NCCN(C(C)=O)c2ccccc2C(C)(C)C)c1. The Morgan fingerprint density at radius 1 is 1.07 bits per heavy atom. The third-order valence-electron chi connectivity index (χ3n) is 4.34. The lowest BCUT2D eigenvalue weighted by Crippen LogP contribution is -2.38. The summed E-state index contributed by atoms with van der Waals surface area (Å²) >= 11 is 0. The number of carbonyl (C=O) groups excluding carboxylic acids is 2. The molecular formula is C22H28N2O3. The van der Waals surface area contributed by atoms with Gasteiger partial charge in [-0.05, 0) is 35.2 Å². The van der Waals surface area contributed by atoms with Gasteiger partial charge in [-0.25, -0.2) is 0 Å². The predicted octanol–water partition coefficient (Wildman–Crippen LogP) is 3.78. The lowest BCUT2D eigenvalue weighted by atomic mass is 9.85. The van der Waals surface area contributed by atoms with Crippen LogP contribution in [-0.4, -0.2) is 32.0 Å². The Bertz CT molecular complexity index is 809. The van der Waals surface area contributed by atoms with Gasteiger partial charge >= 0.3 is 0 Å². The molecule has 2 aromatic carbocycles. The van der Waals surface area contributed by atoms with Gasteiger partial charge in [0.15, 0.2) is 0 Å². The minimum Gasteiger partial charge on any atom is -0.497 e. The number of ether oxygens (including phenoxy) is 1. The van der Waals surface area contributed by atoms with Crippen LogP contribution in [-0.2, 0) is 10.2 Å². The van der Waals surface area contributed by atoms with Gasteiger partial charge in [0.25, 0.3) is 5.91 Å². The molecule has 0 aliphatic heterocycles. The summed E-state index contributed by atoms with van der Waals surface area (Å²) < 4.78 is 5.15. The highest BCUT2D eigenvalue weighted by Gasteiger charge is 2.22. The molecule has 0 unspecified atom stereocenters. The number of para-hydroxylation sites is 1. The Hall–Kier alpha value is -2.82. The van der Waals surface area contributed by atoms with E-state index in [-0.39, 0.29) is 17.2 Å². The van der Waals surface area contributed by atoms with Crippen molar-refractivity contribution in [3.05, 3.63) is 59.7 Å². The number of nitrogens with zero attached hydrogens (tertiary/aromatic N) is 1. The Morgan fingerprint density at radius 2 is 1.78 bits per heavy atom. The Labute approximate surface area is 161 Å². The van der Waals surface area contributed by atoms with Crippen molar-refractivity contribution in [2.24, 2.45) is 0 Å². The van der Waals surface area contributed by atoms with Crippen LogP contribution in [0.1, 0.15) is 43.6 Å². The molecule has 0 saturated carbocycles. The first-order valence-electron chi connectivity index (χ1n) is 9.04. The first-order valence-corrected chi connectivity index (χ1v) is 9.04. The average molecular weight is 368 g/mol. The van der Waals surface area contributed by atoms with Gasteiger partial charge in [-0.1, -0.05) is 45.0 Å². The van der Waals surface area contributed by atoms with Crippen molar-refractivity contribution >= 4 is 17.5 Å². The van der Waals surface area contributed by atoms with Gasteiger partial charge in [0.1, 0.15) is 5.75 Å². The summed E-state index contributed by atoms with van der Waals surface area (Å²) in [7, 11) is 1.56. The molecule has 5 nitrogen and oxygen atoms in total. The summed E-state index contributed by atoms with van der Waals surface area (Å²) in [5, 5.41) is 2.88. The van der Waals surface area contributed by atoms with E-state index in [1.165, 1.54) is 0 Å². The highest BCUT2D eigenvalue weighted by atomic mass is 16.5. The smallest absolute Gasteiger partial charge is 0.251 e. The third kappa shape index (κ3) is 5.33.